The number of aromatic hydroxyl groups is 3. The molecule has 0 heterocycles. The molecule has 1 rings (SSSR count). The van der Waals surface area contributed by atoms with Crippen molar-refractivity contribution >= 4 is 11.9 Å². The van der Waals surface area contributed by atoms with Gasteiger partial charge in [0.1, 0.15) is 5.60 Å². The van der Waals surface area contributed by atoms with Crippen LogP contribution in [0.1, 0.15) is 37.6 Å². The number of hydrogen-bond acceptors (Lipinski definition) is 6. The average molecular weight is 297 g/mol. The van der Waals surface area contributed by atoms with Crippen molar-refractivity contribution in [1.82, 2.24) is 5.32 Å². The van der Waals surface area contributed by atoms with Crippen molar-refractivity contribution in [3.8, 4) is 17.2 Å². The Hall–Kier alpha value is -2.44. The molecule has 0 radical (unpaired) electrons. The molecular weight excluding hydrogens is 278 g/mol. The number of amides is 1. The smallest absolute Gasteiger partial charge is 0.308 e. The highest BCUT2D eigenvalue weighted by Gasteiger charge is 2.17. The van der Waals surface area contributed by atoms with Crippen LogP contribution in [-0.2, 0) is 9.53 Å². The number of nitrogens with one attached hydrogen (secondary N) is 1. The molecule has 21 heavy (non-hydrogen) atoms. The first kappa shape index (κ1) is 16.6. The number of hydrogen-bond donors (Lipinski definition) is 4. The maximum absolute atomic E-state index is 11.8. The molecule has 0 spiro atoms. The molecule has 1 aromatic rings. The van der Waals surface area contributed by atoms with Crippen molar-refractivity contribution < 1.29 is 29.6 Å². The SMILES string of the molecule is CC(C)(C)OC(=O)CCNC(=O)c1cc(O)c(O)c(O)c1. The van der Waals surface area contributed by atoms with Gasteiger partial charge in [0, 0.05) is 12.1 Å². The normalized spacial score (nSPS) is 11.0. The molecule has 0 atom stereocenters. The summed E-state index contributed by atoms with van der Waals surface area (Å²) in [4.78, 5) is 23.2. The number of carbonyl (C=O) groups is 2. The van der Waals surface area contributed by atoms with Crippen LogP contribution in [0.2, 0.25) is 0 Å². The fraction of sp³-hybridized carbons (Fsp3) is 0.429. The zero-order valence-electron chi connectivity index (χ0n) is 12.1. The number of ether oxygens (including phenoxy) is 1. The van der Waals surface area contributed by atoms with E-state index in [4.69, 9.17) is 4.74 Å². The Kier molecular flexibility index (Phi) is 5.02. The van der Waals surface area contributed by atoms with Crippen LogP contribution in [0.4, 0.5) is 0 Å². The summed E-state index contributed by atoms with van der Waals surface area (Å²) in [6.45, 7) is 5.28. The second kappa shape index (κ2) is 6.34. The monoisotopic (exact) mass is 297 g/mol. The van der Waals surface area contributed by atoms with E-state index < -0.39 is 34.7 Å². The Bertz CT molecular complexity index is 524. The summed E-state index contributed by atoms with van der Waals surface area (Å²) in [6.07, 6.45) is -0.000935. The minimum absolute atomic E-state index is 0.000935. The third-order valence-electron chi connectivity index (χ3n) is 2.37. The van der Waals surface area contributed by atoms with Crippen molar-refractivity contribution in [2.75, 3.05) is 6.54 Å². The molecule has 0 unspecified atom stereocenters. The third-order valence-corrected chi connectivity index (χ3v) is 2.37. The predicted molar refractivity (Wildman–Crippen MR) is 74.2 cm³/mol. The van der Waals surface area contributed by atoms with Crippen molar-refractivity contribution in [3.05, 3.63) is 17.7 Å². The Morgan fingerprint density at radius 3 is 2.14 bits per heavy atom. The lowest BCUT2D eigenvalue weighted by atomic mass is 10.1. The molecule has 0 aliphatic carbocycles. The molecule has 0 aliphatic rings. The lowest BCUT2D eigenvalue weighted by Gasteiger charge is -2.19. The highest BCUT2D eigenvalue weighted by molar-refractivity contribution is 5.95. The molecule has 0 aliphatic heterocycles. The lowest BCUT2D eigenvalue weighted by molar-refractivity contribution is -0.154. The van der Waals surface area contributed by atoms with E-state index in [1.165, 1.54) is 0 Å². The summed E-state index contributed by atoms with van der Waals surface area (Å²) in [6, 6.07) is 2.02. The molecule has 1 aromatic carbocycles. The minimum atomic E-state index is -0.694. The van der Waals surface area contributed by atoms with E-state index in [1.807, 2.05) is 0 Å². The van der Waals surface area contributed by atoms with Crippen LogP contribution in [-0.4, -0.2) is 39.3 Å². The van der Waals surface area contributed by atoms with Gasteiger partial charge in [0.2, 0.25) is 0 Å². The quantitative estimate of drug-likeness (QED) is 0.491. The summed E-state index contributed by atoms with van der Waals surface area (Å²) in [5.41, 5.74) is -0.623. The molecule has 1 amide bonds. The van der Waals surface area contributed by atoms with Crippen molar-refractivity contribution in [2.45, 2.75) is 32.8 Å². The standard InChI is InChI=1S/C14H19NO6/c1-14(2,3)21-11(18)4-5-15-13(20)8-6-9(16)12(19)10(17)7-8/h6-7,16-17,19H,4-5H2,1-3H3,(H,15,20). The summed E-state index contributed by atoms with van der Waals surface area (Å²) in [5, 5.41) is 30.2. The first-order valence-electron chi connectivity index (χ1n) is 6.35. The number of phenols is 3. The zero-order chi connectivity index (χ0) is 16.2. The van der Waals surface area contributed by atoms with Crippen LogP contribution >= 0.6 is 0 Å². The van der Waals surface area contributed by atoms with E-state index in [0.29, 0.717) is 0 Å². The van der Waals surface area contributed by atoms with Crippen LogP contribution in [0.5, 0.6) is 17.2 Å². The molecule has 0 saturated heterocycles. The van der Waals surface area contributed by atoms with Crippen LogP contribution in [0, 0.1) is 0 Å². The van der Waals surface area contributed by atoms with Crippen LogP contribution in [0.3, 0.4) is 0 Å². The Morgan fingerprint density at radius 1 is 1.14 bits per heavy atom. The Balaban J connectivity index is 2.54. The fourth-order valence-electron chi connectivity index (χ4n) is 1.51. The molecule has 0 aromatic heterocycles. The van der Waals surface area contributed by atoms with E-state index in [2.05, 4.69) is 5.32 Å². The van der Waals surface area contributed by atoms with Gasteiger partial charge >= 0.3 is 5.97 Å². The first-order valence-corrected chi connectivity index (χ1v) is 6.35. The number of rotatable bonds is 4. The number of esters is 1. The predicted octanol–water partition coefficient (Wildman–Crippen LogP) is 1.26. The molecule has 0 saturated carbocycles. The highest BCUT2D eigenvalue weighted by Crippen LogP contribution is 2.35. The van der Waals surface area contributed by atoms with Gasteiger partial charge in [-0.05, 0) is 32.9 Å². The van der Waals surface area contributed by atoms with E-state index in [1.54, 1.807) is 20.8 Å². The number of benzene rings is 1. The lowest BCUT2D eigenvalue weighted by Crippen LogP contribution is -2.29. The second-order valence-electron chi connectivity index (χ2n) is 5.46. The molecule has 7 nitrogen and oxygen atoms in total. The van der Waals surface area contributed by atoms with E-state index in [-0.39, 0.29) is 18.5 Å². The Morgan fingerprint density at radius 2 is 1.67 bits per heavy atom. The molecule has 0 fully saturated rings. The van der Waals surface area contributed by atoms with Gasteiger partial charge in [-0.3, -0.25) is 9.59 Å². The van der Waals surface area contributed by atoms with Gasteiger partial charge in [0.05, 0.1) is 6.42 Å². The van der Waals surface area contributed by atoms with Crippen molar-refractivity contribution in [2.24, 2.45) is 0 Å². The number of phenolic OH excluding ortho intramolecular Hbond substituents is 3. The molecule has 0 bridgehead atoms. The average Bonchev–Trinajstić information content (AvgIpc) is 2.32. The minimum Gasteiger partial charge on any atom is -0.504 e. The Labute approximate surface area is 122 Å². The van der Waals surface area contributed by atoms with E-state index in [9.17, 15) is 24.9 Å². The van der Waals surface area contributed by atoms with E-state index >= 15 is 0 Å². The van der Waals surface area contributed by atoms with Crippen molar-refractivity contribution in [1.29, 1.82) is 0 Å². The van der Waals surface area contributed by atoms with Crippen LogP contribution in [0.15, 0.2) is 12.1 Å². The maximum Gasteiger partial charge on any atom is 0.308 e. The molecule has 116 valence electrons. The van der Waals surface area contributed by atoms with Gasteiger partial charge in [-0.15, -0.1) is 0 Å². The summed E-state index contributed by atoms with van der Waals surface area (Å²) in [7, 11) is 0. The molecular formula is C14H19NO6. The molecule has 7 heteroatoms. The largest absolute Gasteiger partial charge is 0.504 e. The summed E-state index contributed by atoms with van der Waals surface area (Å²) < 4.78 is 5.08. The maximum atomic E-state index is 11.8. The van der Waals surface area contributed by atoms with Gasteiger partial charge < -0.3 is 25.4 Å². The van der Waals surface area contributed by atoms with Gasteiger partial charge in [-0.1, -0.05) is 0 Å². The summed E-state index contributed by atoms with van der Waals surface area (Å²) >= 11 is 0. The van der Waals surface area contributed by atoms with Crippen LogP contribution < -0.4 is 5.32 Å². The van der Waals surface area contributed by atoms with Crippen LogP contribution in [0.25, 0.3) is 0 Å². The highest BCUT2D eigenvalue weighted by atomic mass is 16.6. The third kappa shape index (κ3) is 5.21. The van der Waals surface area contributed by atoms with Crippen molar-refractivity contribution in [3.63, 3.8) is 0 Å². The first-order chi connectivity index (χ1) is 9.60. The van der Waals surface area contributed by atoms with Gasteiger partial charge in [0.15, 0.2) is 17.2 Å². The summed E-state index contributed by atoms with van der Waals surface area (Å²) in [5.74, 6) is -2.94. The second-order valence-corrected chi connectivity index (χ2v) is 5.46. The van der Waals surface area contributed by atoms with E-state index in [0.717, 1.165) is 12.1 Å². The van der Waals surface area contributed by atoms with Gasteiger partial charge in [-0.25, -0.2) is 0 Å². The fourth-order valence-corrected chi connectivity index (χ4v) is 1.51. The topological polar surface area (TPSA) is 116 Å². The number of carbonyl (C=O) groups excluding carboxylic acids is 2. The van der Waals surface area contributed by atoms with Gasteiger partial charge in [0.25, 0.3) is 5.91 Å². The zero-order valence-corrected chi connectivity index (χ0v) is 12.1. The van der Waals surface area contributed by atoms with Gasteiger partial charge in [-0.2, -0.15) is 0 Å². The molecule has 4 N–H and O–H groups in total.